The van der Waals surface area contributed by atoms with E-state index in [1.165, 1.54) is 0 Å². The number of Topliss-reactive ketones (excluding diaryl/α,β-unsaturated/α-hetero) is 1. The lowest BCUT2D eigenvalue weighted by atomic mass is 9.99. The summed E-state index contributed by atoms with van der Waals surface area (Å²) in [6, 6.07) is 18.0. The number of benzene rings is 3. The van der Waals surface area contributed by atoms with Crippen LogP contribution in [0.3, 0.4) is 0 Å². The van der Waals surface area contributed by atoms with Gasteiger partial charge < -0.3 is 14.0 Å². The number of unbranched alkanes of at least 4 members (excludes halogenated alkanes) is 2. The van der Waals surface area contributed by atoms with Gasteiger partial charge in [0.15, 0.2) is 11.6 Å². The zero-order valence-electron chi connectivity index (χ0n) is 21.0. The largest absolute Gasteiger partial charge is 0.513 e. The molecule has 4 aromatic rings. The first kappa shape index (κ1) is 25.2. The maximum Gasteiger partial charge on any atom is 0.513 e. The van der Waals surface area contributed by atoms with Gasteiger partial charge in [-0.3, -0.25) is 9.59 Å². The van der Waals surface area contributed by atoms with Crippen molar-refractivity contribution in [2.24, 2.45) is 0 Å². The molecule has 0 atom stereocenters. The van der Waals surface area contributed by atoms with Crippen molar-refractivity contribution in [2.45, 2.75) is 53.0 Å². The Balaban J connectivity index is 1.67. The fourth-order valence-electron chi connectivity index (χ4n) is 4.52. The van der Waals surface area contributed by atoms with Gasteiger partial charge in [-0.2, -0.15) is 0 Å². The Morgan fingerprint density at radius 2 is 1.36 bits per heavy atom. The second-order valence-electron chi connectivity index (χ2n) is 8.73. The van der Waals surface area contributed by atoms with Crippen LogP contribution in [-0.2, 0) is 11.3 Å². The van der Waals surface area contributed by atoms with Gasteiger partial charge in [0, 0.05) is 51.5 Å². The van der Waals surface area contributed by atoms with Crippen LogP contribution in [0.1, 0.15) is 72.7 Å². The average molecular weight is 486 g/mol. The predicted molar refractivity (Wildman–Crippen MR) is 141 cm³/mol. The molecule has 0 aliphatic rings. The third-order valence-corrected chi connectivity index (χ3v) is 6.35. The van der Waals surface area contributed by atoms with Crippen molar-refractivity contribution in [3.05, 3.63) is 77.4 Å². The summed E-state index contributed by atoms with van der Waals surface area (Å²) in [5.41, 5.74) is 3.82. The van der Waals surface area contributed by atoms with E-state index in [1.807, 2.05) is 36.4 Å². The van der Waals surface area contributed by atoms with Crippen molar-refractivity contribution >= 4 is 39.5 Å². The Bertz CT molecular complexity index is 1420. The molecule has 6 heteroatoms. The van der Waals surface area contributed by atoms with Crippen LogP contribution in [-0.4, -0.2) is 28.9 Å². The molecule has 1 heterocycles. The number of fused-ring (bicyclic) bond motifs is 3. The number of nitrogens with zero attached hydrogens (tertiary/aromatic N) is 1. The summed E-state index contributed by atoms with van der Waals surface area (Å²) in [4.78, 5) is 37.5. The van der Waals surface area contributed by atoms with Gasteiger partial charge in [0.05, 0.1) is 6.61 Å². The molecule has 3 aromatic carbocycles. The fourth-order valence-corrected chi connectivity index (χ4v) is 4.52. The minimum Gasteiger partial charge on any atom is -0.434 e. The summed E-state index contributed by atoms with van der Waals surface area (Å²) in [6.07, 6.45) is 2.79. The number of hydrogen-bond donors (Lipinski definition) is 0. The van der Waals surface area contributed by atoms with E-state index in [1.54, 1.807) is 31.2 Å². The third kappa shape index (κ3) is 5.18. The Hall–Kier alpha value is -3.93. The molecule has 0 saturated heterocycles. The second-order valence-corrected chi connectivity index (χ2v) is 8.73. The number of carbonyl (C=O) groups excluding carboxylic acids is 3. The molecule has 0 unspecified atom stereocenters. The van der Waals surface area contributed by atoms with E-state index in [9.17, 15) is 14.4 Å². The van der Waals surface area contributed by atoms with Gasteiger partial charge in [-0.25, -0.2) is 4.79 Å². The van der Waals surface area contributed by atoms with Crippen LogP contribution in [0.2, 0.25) is 0 Å². The fraction of sp³-hybridized carbons (Fsp3) is 0.300. The lowest BCUT2D eigenvalue weighted by Crippen LogP contribution is -2.10. The van der Waals surface area contributed by atoms with Gasteiger partial charge >= 0.3 is 6.16 Å². The SMILES string of the molecule is CCCCCC(=O)c1ccc2c(c1)c1cc(C(=O)c3ccc(OC(=O)OCC)cc3)ccc1n2CC. The molecule has 0 bridgehead atoms. The first-order valence-electron chi connectivity index (χ1n) is 12.5. The summed E-state index contributed by atoms with van der Waals surface area (Å²) < 4.78 is 12.1. The molecule has 186 valence electrons. The highest BCUT2D eigenvalue weighted by atomic mass is 16.7. The minimum absolute atomic E-state index is 0.135. The summed E-state index contributed by atoms with van der Waals surface area (Å²) in [6.45, 7) is 6.91. The van der Waals surface area contributed by atoms with Gasteiger partial charge in [-0.05, 0) is 80.9 Å². The first-order chi connectivity index (χ1) is 17.5. The molecule has 6 nitrogen and oxygen atoms in total. The number of ether oxygens (including phenoxy) is 2. The number of aromatic nitrogens is 1. The highest BCUT2D eigenvalue weighted by Crippen LogP contribution is 2.32. The number of ketones is 2. The van der Waals surface area contributed by atoms with Crippen LogP contribution in [0.25, 0.3) is 21.8 Å². The van der Waals surface area contributed by atoms with Gasteiger partial charge in [-0.1, -0.05) is 19.8 Å². The van der Waals surface area contributed by atoms with Gasteiger partial charge in [0.2, 0.25) is 0 Å². The Labute approximate surface area is 210 Å². The number of carbonyl (C=O) groups is 3. The van der Waals surface area contributed by atoms with Crippen molar-refractivity contribution in [1.82, 2.24) is 4.57 Å². The van der Waals surface area contributed by atoms with Crippen LogP contribution in [0.15, 0.2) is 60.7 Å². The molecule has 0 aliphatic carbocycles. The average Bonchev–Trinajstić information content (AvgIpc) is 3.21. The maximum absolute atomic E-state index is 13.3. The summed E-state index contributed by atoms with van der Waals surface area (Å²) in [5, 5.41) is 1.92. The van der Waals surface area contributed by atoms with Crippen LogP contribution in [0, 0.1) is 0 Å². The molecule has 36 heavy (non-hydrogen) atoms. The molecule has 0 fully saturated rings. The van der Waals surface area contributed by atoms with Crippen LogP contribution in [0.4, 0.5) is 4.79 Å². The minimum atomic E-state index is -0.780. The Morgan fingerprint density at radius 3 is 1.97 bits per heavy atom. The normalized spacial score (nSPS) is 11.1. The third-order valence-electron chi connectivity index (χ3n) is 6.35. The maximum atomic E-state index is 13.3. The van der Waals surface area contributed by atoms with E-state index in [-0.39, 0.29) is 18.2 Å². The smallest absolute Gasteiger partial charge is 0.434 e. The van der Waals surface area contributed by atoms with Gasteiger partial charge in [0.1, 0.15) is 5.75 Å². The number of aryl methyl sites for hydroxylation is 1. The zero-order chi connectivity index (χ0) is 25.7. The summed E-state index contributed by atoms with van der Waals surface area (Å²) in [7, 11) is 0. The van der Waals surface area contributed by atoms with Crippen molar-refractivity contribution < 1.29 is 23.9 Å². The number of hydrogen-bond acceptors (Lipinski definition) is 5. The lowest BCUT2D eigenvalue weighted by Gasteiger charge is -2.06. The van der Waals surface area contributed by atoms with Gasteiger partial charge in [0.25, 0.3) is 0 Å². The molecule has 4 rings (SSSR count). The standard InChI is InChI=1S/C30H31NO5/c1-4-7-8-9-28(32)21-12-16-26-24(18-21)25-19-22(13-17-27(25)31(26)5-2)29(33)20-10-14-23(15-11-20)36-30(34)35-6-3/h10-19H,4-9H2,1-3H3. The quantitative estimate of drug-likeness (QED) is 0.102. The topological polar surface area (TPSA) is 74.6 Å². The van der Waals surface area contributed by atoms with E-state index >= 15 is 0 Å². The number of rotatable bonds is 10. The Kier molecular flexibility index (Phi) is 7.84. The van der Waals surface area contributed by atoms with E-state index < -0.39 is 6.16 Å². The second kappa shape index (κ2) is 11.2. The van der Waals surface area contributed by atoms with Crippen LogP contribution in [0.5, 0.6) is 5.75 Å². The Morgan fingerprint density at radius 1 is 0.750 bits per heavy atom. The molecule has 0 N–H and O–H groups in total. The van der Waals surface area contributed by atoms with Crippen molar-refractivity contribution in [2.75, 3.05) is 6.61 Å². The molecule has 0 amide bonds. The molecular weight excluding hydrogens is 454 g/mol. The van der Waals surface area contributed by atoms with E-state index in [2.05, 4.69) is 18.4 Å². The summed E-state index contributed by atoms with van der Waals surface area (Å²) >= 11 is 0. The lowest BCUT2D eigenvalue weighted by molar-refractivity contribution is 0.0977. The van der Waals surface area contributed by atoms with Crippen LogP contribution < -0.4 is 4.74 Å². The molecule has 0 radical (unpaired) electrons. The first-order valence-corrected chi connectivity index (χ1v) is 12.5. The highest BCUT2D eigenvalue weighted by molar-refractivity contribution is 6.15. The summed E-state index contributed by atoms with van der Waals surface area (Å²) in [5.74, 6) is 0.325. The van der Waals surface area contributed by atoms with Gasteiger partial charge in [-0.15, -0.1) is 0 Å². The molecule has 1 aromatic heterocycles. The van der Waals surface area contributed by atoms with E-state index in [0.29, 0.717) is 28.9 Å². The monoisotopic (exact) mass is 485 g/mol. The van der Waals surface area contributed by atoms with Crippen LogP contribution >= 0.6 is 0 Å². The van der Waals surface area contributed by atoms with Crippen molar-refractivity contribution in [3.63, 3.8) is 0 Å². The van der Waals surface area contributed by atoms with Crippen molar-refractivity contribution in [1.29, 1.82) is 0 Å². The predicted octanol–water partition coefficient (Wildman–Crippen LogP) is 7.34. The highest BCUT2D eigenvalue weighted by Gasteiger charge is 2.16. The van der Waals surface area contributed by atoms with Crippen molar-refractivity contribution in [3.8, 4) is 5.75 Å². The molecular formula is C30H31NO5. The molecule has 0 aliphatic heterocycles. The van der Waals surface area contributed by atoms with E-state index in [0.717, 1.165) is 47.6 Å². The van der Waals surface area contributed by atoms with E-state index in [4.69, 9.17) is 9.47 Å². The zero-order valence-corrected chi connectivity index (χ0v) is 21.0. The molecule has 0 saturated carbocycles. The molecule has 0 spiro atoms.